The molecule has 0 bridgehead atoms. The van der Waals surface area contributed by atoms with Crippen molar-refractivity contribution in [2.24, 2.45) is 11.7 Å². The second kappa shape index (κ2) is 6.93. The van der Waals surface area contributed by atoms with Crippen molar-refractivity contribution in [2.45, 2.75) is 56.5 Å². The second-order valence-electron chi connectivity index (χ2n) is 6.36. The summed E-state index contributed by atoms with van der Waals surface area (Å²) in [7, 11) is 0. The Morgan fingerprint density at radius 3 is 2.55 bits per heavy atom. The van der Waals surface area contributed by atoms with Gasteiger partial charge in [0.1, 0.15) is 24.9 Å². The maximum Gasteiger partial charge on any atom is 0.243 e. The number of fused-ring (bicyclic) bond motifs is 1. The summed E-state index contributed by atoms with van der Waals surface area (Å²) in [4.78, 5) is 23.1. The highest BCUT2D eigenvalue weighted by Crippen LogP contribution is 2.30. The molecule has 2 heterocycles. The highest BCUT2D eigenvalue weighted by molar-refractivity contribution is 5.79. The molecule has 0 aromatic heterocycles. The van der Waals surface area contributed by atoms with Crippen molar-refractivity contribution in [1.29, 1.82) is 0 Å². The Bertz CT molecular complexity index is 424. The zero-order chi connectivity index (χ0) is 15.5. The SMILES string of the molecule is NC(=O)CO[C@@H]1CO[C@H]2[C@@H]1OC[C@@H]2NC(=O)C1CCCCC1. The maximum absolute atomic E-state index is 12.3. The van der Waals surface area contributed by atoms with Crippen molar-refractivity contribution >= 4 is 11.8 Å². The van der Waals surface area contributed by atoms with E-state index in [0.717, 1.165) is 25.7 Å². The molecule has 7 heteroatoms. The van der Waals surface area contributed by atoms with Gasteiger partial charge in [0.15, 0.2) is 0 Å². The molecular formula is C15H24N2O5. The maximum atomic E-state index is 12.3. The van der Waals surface area contributed by atoms with E-state index in [1.165, 1.54) is 6.42 Å². The van der Waals surface area contributed by atoms with Crippen LogP contribution in [-0.4, -0.2) is 56.0 Å². The lowest BCUT2D eigenvalue weighted by Crippen LogP contribution is -2.46. The Labute approximate surface area is 129 Å². The van der Waals surface area contributed by atoms with E-state index in [4.69, 9.17) is 19.9 Å². The fraction of sp³-hybridized carbons (Fsp3) is 0.867. The molecular weight excluding hydrogens is 288 g/mol. The molecule has 124 valence electrons. The van der Waals surface area contributed by atoms with Crippen LogP contribution in [0.25, 0.3) is 0 Å². The van der Waals surface area contributed by atoms with Crippen molar-refractivity contribution in [3.8, 4) is 0 Å². The minimum absolute atomic E-state index is 0.110. The lowest BCUT2D eigenvalue weighted by atomic mass is 9.88. The summed E-state index contributed by atoms with van der Waals surface area (Å²) in [5.41, 5.74) is 5.08. The quantitative estimate of drug-likeness (QED) is 0.727. The van der Waals surface area contributed by atoms with Gasteiger partial charge in [0, 0.05) is 5.92 Å². The number of ether oxygens (including phenoxy) is 3. The number of nitrogens with two attached hydrogens (primary N) is 1. The van der Waals surface area contributed by atoms with Crippen LogP contribution in [0.4, 0.5) is 0 Å². The summed E-state index contributed by atoms with van der Waals surface area (Å²) in [5, 5.41) is 3.07. The first kappa shape index (κ1) is 15.7. The van der Waals surface area contributed by atoms with Gasteiger partial charge in [0.2, 0.25) is 11.8 Å². The molecule has 3 aliphatic rings. The molecule has 3 N–H and O–H groups in total. The molecule has 1 saturated carbocycles. The van der Waals surface area contributed by atoms with Crippen LogP contribution in [0.15, 0.2) is 0 Å². The van der Waals surface area contributed by atoms with Crippen LogP contribution in [0.3, 0.4) is 0 Å². The lowest BCUT2D eigenvalue weighted by molar-refractivity contribution is -0.128. The largest absolute Gasteiger partial charge is 0.370 e. The summed E-state index contributed by atoms with van der Waals surface area (Å²) in [6.07, 6.45) is 4.69. The van der Waals surface area contributed by atoms with E-state index in [0.29, 0.717) is 13.2 Å². The molecule has 4 atom stereocenters. The predicted octanol–water partition coefficient (Wildman–Crippen LogP) is -0.280. The molecule has 22 heavy (non-hydrogen) atoms. The van der Waals surface area contributed by atoms with E-state index in [-0.39, 0.29) is 42.8 Å². The lowest BCUT2D eigenvalue weighted by Gasteiger charge is -2.24. The van der Waals surface area contributed by atoms with E-state index in [1.54, 1.807) is 0 Å². The van der Waals surface area contributed by atoms with Crippen molar-refractivity contribution in [3.63, 3.8) is 0 Å². The fourth-order valence-electron chi connectivity index (χ4n) is 3.59. The number of rotatable bonds is 5. The van der Waals surface area contributed by atoms with E-state index in [1.807, 2.05) is 0 Å². The second-order valence-corrected chi connectivity index (χ2v) is 6.36. The average Bonchev–Trinajstić information content (AvgIpc) is 3.09. The third kappa shape index (κ3) is 3.42. The molecule has 3 fully saturated rings. The molecule has 0 spiro atoms. The summed E-state index contributed by atoms with van der Waals surface area (Å²) in [6, 6.07) is -0.137. The van der Waals surface area contributed by atoms with Crippen LogP contribution < -0.4 is 11.1 Å². The first-order valence-electron chi connectivity index (χ1n) is 8.08. The van der Waals surface area contributed by atoms with Gasteiger partial charge in [-0.3, -0.25) is 9.59 Å². The monoisotopic (exact) mass is 312 g/mol. The van der Waals surface area contributed by atoms with E-state index in [9.17, 15) is 9.59 Å². The molecule has 0 radical (unpaired) electrons. The van der Waals surface area contributed by atoms with Crippen molar-refractivity contribution < 1.29 is 23.8 Å². The standard InChI is InChI=1S/C15H24N2O5/c16-12(18)8-20-11-7-22-13-10(6-21-14(11)13)17-15(19)9-4-2-1-3-5-9/h9-11,13-14H,1-8H2,(H2,16,18)(H,17,19)/t10-,11+,13+,14+/m0/s1. The summed E-state index contributed by atoms with van der Waals surface area (Å²) in [5.74, 6) is -0.279. The average molecular weight is 312 g/mol. The number of amides is 2. The van der Waals surface area contributed by atoms with Gasteiger partial charge in [-0.1, -0.05) is 19.3 Å². The van der Waals surface area contributed by atoms with Gasteiger partial charge < -0.3 is 25.3 Å². The minimum atomic E-state index is -0.511. The van der Waals surface area contributed by atoms with Crippen LogP contribution in [0, 0.1) is 5.92 Å². The van der Waals surface area contributed by atoms with Crippen molar-refractivity contribution in [3.05, 3.63) is 0 Å². The number of carbonyl (C=O) groups is 2. The van der Waals surface area contributed by atoms with E-state index < -0.39 is 5.91 Å². The topological polar surface area (TPSA) is 99.9 Å². The van der Waals surface area contributed by atoms with Crippen LogP contribution in [0.1, 0.15) is 32.1 Å². The van der Waals surface area contributed by atoms with Crippen LogP contribution >= 0.6 is 0 Å². The van der Waals surface area contributed by atoms with Gasteiger partial charge in [-0.15, -0.1) is 0 Å². The van der Waals surface area contributed by atoms with Gasteiger partial charge in [0.05, 0.1) is 19.3 Å². The van der Waals surface area contributed by atoms with Gasteiger partial charge >= 0.3 is 0 Å². The number of carbonyl (C=O) groups excluding carboxylic acids is 2. The highest BCUT2D eigenvalue weighted by Gasteiger charge is 2.49. The van der Waals surface area contributed by atoms with Gasteiger partial charge in [0.25, 0.3) is 0 Å². The Kier molecular flexibility index (Phi) is 4.95. The van der Waals surface area contributed by atoms with Gasteiger partial charge in [-0.25, -0.2) is 0 Å². The van der Waals surface area contributed by atoms with Crippen molar-refractivity contribution in [1.82, 2.24) is 5.32 Å². The normalized spacial score (nSPS) is 35.3. The molecule has 2 amide bonds. The highest BCUT2D eigenvalue weighted by atomic mass is 16.6. The van der Waals surface area contributed by atoms with E-state index >= 15 is 0 Å². The molecule has 0 aromatic rings. The van der Waals surface area contributed by atoms with Crippen LogP contribution in [0.2, 0.25) is 0 Å². The summed E-state index contributed by atoms with van der Waals surface area (Å²) < 4.78 is 16.8. The molecule has 7 nitrogen and oxygen atoms in total. The van der Waals surface area contributed by atoms with Crippen molar-refractivity contribution in [2.75, 3.05) is 19.8 Å². The Hall–Kier alpha value is -1.18. The third-order valence-corrected chi connectivity index (χ3v) is 4.75. The first-order chi connectivity index (χ1) is 10.6. The van der Waals surface area contributed by atoms with Gasteiger partial charge in [-0.05, 0) is 12.8 Å². The smallest absolute Gasteiger partial charge is 0.243 e. The molecule has 0 aromatic carbocycles. The summed E-state index contributed by atoms with van der Waals surface area (Å²) >= 11 is 0. The molecule has 3 rings (SSSR count). The third-order valence-electron chi connectivity index (χ3n) is 4.75. The number of hydrogen-bond donors (Lipinski definition) is 2. The Morgan fingerprint density at radius 1 is 1.09 bits per heavy atom. The van der Waals surface area contributed by atoms with Crippen LogP contribution in [0.5, 0.6) is 0 Å². The molecule has 2 aliphatic heterocycles. The molecule has 0 unspecified atom stereocenters. The zero-order valence-electron chi connectivity index (χ0n) is 12.7. The minimum Gasteiger partial charge on any atom is -0.370 e. The first-order valence-corrected chi connectivity index (χ1v) is 8.08. The zero-order valence-corrected chi connectivity index (χ0v) is 12.7. The number of hydrogen-bond acceptors (Lipinski definition) is 5. The van der Waals surface area contributed by atoms with Crippen LogP contribution in [-0.2, 0) is 23.8 Å². The summed E-state index contributed by atoms with van der Waals surface area (Å²) in [6.45, 7) is 0.641. The predicted molar refractivity (Wildman–Crippen MR) is 76.9 cm³/mol. The van der Waals surface area contributed by atoms with Gasteiger partial charge in [-0.2, -0.15) is 0 Å². The Morgan fingerprint density at radius 2 is 1.82 bits per heavy atom. The Balaban J connectivity index is 1.50. The molecule has 2 saturated heterocycles. The fourth-order valence-corrected chi connectivity index (χ4v) is 3.59. The van der Waals surface area contributed by atoms with E-state index in [2.05, 4.69) is 5.32 Å². The number of primary amides is 1. The molecule has 1 aliphatic carbocycles. The number of nitrogens with one attached hydrogen (secondary N) is 1.